The summed E-state index contributed by atoms with van der Waals surface area (Å²) in [6, 6.07) is 15.1. The summed E-state index contributed by atoms with van der Waals surface area (Å²) >= 11 is 0. The van der Waals surface area contributed by atoms with E-state index in [1.165, 1.54) is 24.4 Å². The Labute approximate surface area is 156 Å². The molecule has 1 aromatic heterocycles. The molecule has 0 radical (unpaired) electrons. The second kappa shape index (κ2) is 8.75. The molecule has 1 amide bonds. The van der Waals surface area contributed by atoms with Gasteiger partial charge in [-0.1, -0.05) is 24.3 Å². The number of carbonyl (C=O) groups is 1. The molecule has 0 unspecified atom stereocenters. The summed E-state index contributed by atoms with van der Waals surface area (Å²) in [7, 11) is 1.62. The molecular formula is C20H19FN4O2. The van der Waals surface area contributed by atoms with Gasteiger partial charge >= 0.3 is 0 Å². The van der Waals surface area contributed by atoms with Gasteiger partial charge in [0.25, 0.3) is 5.91 Å². The molecule has 27 heavy (non-hydrogen) atoms. The number of ether oxygens (including phenoxy) is 1. The maximum atomic E-state index is 13.3. The number of para-hydroxylation sites is 1. The minimum absolute atomic E-state index is 0.220. The second-order valence-electron chi connectivity index (χ2n) is 5.72. The first kappa shape index (κ1) is 18.3. The monoisotopic (exact) mass is 366 g/mol. The zero-order chi connectivity index (χ0) is 19.1. The van der Waals surface area contributed by atoms with E-state index in [4.69, 9.17) is 4.74 Å². The van der Waals surface area contributed by atoms with Crippen LogP contribution in [0.3, 0.4) is 0 Å². The summed E-state index contributed by atoms with van der Waals surface area (Å²) in [6.07, 6.45) is 2.11. The smallest absolute Gasteiger partial charge is 0.270 e. The van der Waals surface area contributed by atoms with E-state index in [0.717, 1.165) is 11.3 Å². The number of aromatic nitrogens is 2. The number of halogens is 1. The zero-order valence-corrected chi connectivity index (χ0v) is 14.8. The van der Waals surface area contributed by atoms with Crippen LogP contribution in [0.4, 0.5) is 16.0 Å². The van der Waals surface area contributed by atoms with Crippen LogP contribution in [0.2, 0.25) is 0 Å². The van der Waals surface area contributed by atoms with Crippen molar-refractivity contribution in [2.24, 2.45) is 0 Å². The molecule has 0 saturated heterocycles. The van der Waals surface area contributed by atoms with Gasteiger partial charge in [0.15, 0.2) is 0 Å². The van der Waals surface area contributed by atoms with Gasteiger partial charge in [-0.25, -0.2) is 14.4 Å². The minimum Gasteiger partial charge on any atom is -0.496 e. The quantitative estimate of drug-likeness (QED) is 0.671. The molecule has 3 rings (SSSR count). The molecule has 0 fully saturated rings. The molecule has 6 nitrogen and oxygen atoms in total. The fourth-order valence-corrected chi connectivity index (χ4v) is 2.55. The summed E-state index contributed by atoms with van der Waals surface area (Å²) in [5, 5.41) is 5.70. The third-order valence-corrected chi connectivity index (χ3v) is 3.84. The lowest BCUT2D eigenvalue weighted by Gasteiger charge is -2.09. The molecule has 0 aliphatic rings. The third-order valence-electron chi connectivity index (χ3n) is 3.84. The molecule has 0 aliphatic carbocycles. The summed E-state index contributed by atoms with van der Waals surface area (Å²) in [5.74, 6) is 0.327. The van der Waals surface area contributed by atoms with E-state index in [-0.39, 0.29) is 23.4 Å². The molecule has 2 aromatic carbocycles. The summed E-state index contributed by atoms with van der Waals surface area (Å²) < 4.78 is 18.6. The zero-order valence-electron chi connectivity index (χ0n) is 14.8. The number of carbonyl (C=O) groups excluding carboxylic acids is 1. The molecule has 1 heterocycles. The number of hydrogen-bond acceptors (Lipinski definition) is 5. The van der Waals surface area contributed by atoms with Crippen molar-refractivity contribution < 1.29 is 13.9 Å². The van der Waals surface area contributed by atoms with Crippen LogP contribution >= 0.6 is 0 Å². The third kappa shape index (κ3) is 5.01. The lowest BCUT2D eigenvalue weighted by Crippen LogP contribution is -2.26. The van der Waals surface area contributed by atoms with Gasteiger partial charge in [0.2, 0.25) is 5.95 Å². The van der Waals surface area contributed by atoms with Crippen LogP contribution in [0.1, 0.15) is 16.1 Å². The predicted molar refractivity (Wildman–Crippen MR) is 101 cm³/mol. The van der Waals surface area contributed by atoms with E-state index in [0.29, 0.717) is 18.7 Å². The van der Waals surface area contributed by atoms with Crippen molar-refractivity contribution in [3.8, 4) is 5.75 Å². The molecule has 0 bridgehead atoms. The van der Waals surface area contributed by atoms with Crippen molar-refractivity contribution in [3.05, 3.63) is 77.9 Å². The lowest BCUT2D eigenvalue weighted by molar-refractivity contribution is 0.0949. The molecule has 3 aromatic rings. The topological polar surface area (TPSA) is 76.1 Å². The van der Waals surface area contributed by atoms with E-state index in [1.807, 2.05) is 24.3 Å². The molecule has 138 valence electrons. The number of nitrogens with one attached hydrogen (secondary N) is 2. The standard InChI is InChI=1S/C20H19FN4O2/c1-27-18-8-3-2-5-14(18)9-11-22-19(26)17-10-12-23-20(25-17)24-16-7-4-6-15(21)13-16/h2-8,10,12-13H,9,11H2,1H3,(H,22,26)(H,23,24,25). The Morgan fingerprint density at radius 2 is 2.00 bits per heavy atom. The minimum atomic E-state index is -0.370. The van der Waals surface area contributed by atoms with Crippen LogP contribution in [0, 0.1) is 5.82 Å². The first-order chi connectivity index (χ1) is 13.2. The van der Waals surface area contributed by atoms with Crippen molar-refractivity contribution in [3.63, 3.8) is 0 Å². The number of methoxy groups -OCH3 is 1. The van der Waals surface area contributed by atoms with E-state index in [2.05, 4.69) is 20.6 Å². The van der Waals surface area contributed by atoms with Crippen LogP contribution in [-0.2, 0) is 6.42 Å². The predicted octanol–water partition coefficient (Wildman–Crippen LogP) is 3.34. The highest BCUT2D eigenvalue weighted by molar-refractivity contribution is 5.92. The first-order valence-corrected chi connectivity index (χ1v) is 8.41. The Hall–Kier alpha value is -3.48. The SMILES string of the molecule is COc1ccccc1CCNC(=O)c1ccnc(Nc2cccc(F)c2)n1. The molecular weight excluding hydrogens is 347 g/mol. The largest absolute Gasteiger partial charge is 0.496 e. The van der Waals surface area contributed by atoms with E-state index >= 15 is 0 Å². The Kier molecular flexibility index (Phi) is 5.94. The van der Waals surface area contributed by atoms with E-state index < -0.39 is 0 Å². The van der Waals surface area contributed by atoms with Crippen molar-refractivity contribution in [2.45, 2.75) is 6.42 Å². The summed E-state index contributed by atoms with van der Waals surface area (Å²) in [6.45, 7) is 0.440. The van der Waals surface area contributed by atoms with Gasteiger partial charge in [-0.05, 0) is 42.3 Å². The average Bonchev–Trinajstić information content (AvgIpc) is 2.68. The molecule has 0 aliphatic heterocycles. The lowest BCUT2D eigenvalue weighted by atomic mass is 10.1. The molecule has 2 N–H and O–H groups in total. The van der Waals surface area contributed by atoms with Crippen molar-refractivity contribution in [2.75, 3.05) is 19.0 Å². The average molecular weight is 366 g/mol. The fourth-order valence-electron chi connectivity index (χ4n) is 2.55. The number of hydrogen-bond donors (Lipinski definition) is 2. The highest BCUT2D eigenvalue weighted by Gasteiger charge is 2.09. The number of anilines is 2. The van der Waals surface area contributed by atoms with Crippen molar-refractivity contribution in [1.29, 1.82) is 0 Å². The molecule has 0 saturated carbocycles. The van der Waals surface area contributed by atoms with Gasteiger partial charge < -0.3 is 15.4 Å². The molecule has 7 heteroatoms. The van der Waals surface area contributed by atoms with Crippen molar-refractivity contribution in [1.82, 2.24) is 15.3 Å². The summed E-state index contributed by atoms with van der Waals surface area (Å²) in [4.78, 5) is 20.6. The van der Waals surface area contributed by atoms with Crippen LogP contribution in [0.15, 0.2) is 60.8 Å². The van der Waals surface area contributed by atoms with Crippen molar-refractivity contribution >= 4 is 17.5 Å². The maximum Gasteiger partial charge on any atom is 0.270 e. The Balaban J connectivity index is 1.60. The Morgan fingerprint density at radius 1 is 1.15 bits per heavy atom. The number of amides is 1. The van der Waals surface area contributed by atoms with E-state index in [1.54, 1.807) is 19.2 Å². The second-order valence-corrected chi connectivity index (χ2v) is 5.72. The van der Waals surface area contributed by atoms with Gasteiger partial charge in [0, 0.05) is 18.4 Å². The van der Waals surface area contributed by atoms with Crippen LogP contribution in [-0.4, -0.2) is 29.5 Å². The Morgan fingerprint density at radius 3 is 2.81 bits per heavy atom. The number of nitrogens with zero attached hydrogens (tertiary/aromatic N) is 2. The normalized spacial score (nSPS) is 10.3. The Bertz CT molecular complexity index is 933. The van der Waals surface area contributed by atoms with Gasteiger partial charge in [0.05, 0.1) is 7.11 Å². The maximum absolute atomic E-state index is 13.3. The summed E-state index contributed by atoms with van der Waals surface area (Å²) in [5.41, 5.74) is 1.74. The van der Waals surface area contributed by atoms with E-state index in [9.17, 15) is 9.18 Å². The fraction of sp³-hybridized carbons (Fsp3) is 0.150. The molecule has 0 atom stereocenters. The van der Waals surface area contributed by atoms with Crippen LogP contribution < -0.4 is 15.4 Å². The molecule has 0 spiro atoms. The highest BCUT2D eigenvalue weighted by atomic mass is 19.1. The van der Waals surface area contributed by atoms with Gasteiger partial charge in [-0.15, -0.1) is 0 Å². The van der Waals surface area contributed by atoms with Crippen LogP contribution in [0.5, 0.6) is 5.75 Å². The number of rotatable bonds is 7. The van der Waals surface area contributed by atoms with Gasteiger partial charge in [0.1, 0.15) is 17.3 Å². The highest BCUT2D eigenvalue weighted by Crippen LogP contribution is 2.17. The van der Waals surface area contributed by atoms with Gasteiger partial charge in [-0.2, -0.15) is 0 Å². The number of benzene rings is 2. The van der Waals surface area contributed by atoms with Crippen LogP contribution in [0.25, 0.3) is 0 Å². The first-order valence-electron chi connectivity index (χ1n) is 8.41. The van der Waals surface area contributed by atoms with Gasteiger partial charge in [-0.3, -0.25) is 4.79 Å².